The van der Waals surface area contributed by atoms with E-state index in [4.69, 9.17) is 0 Å². The van der Waals surface area contributed by atoms with E-state index in [0.29, 0.717) is 5.41 Å². The Kier molecular flexibility index (Phi) is 3.05. The molecule has 7 atom stereocenters. The largest absolute Gasteiger partial charge is 0.393 e. The number of aliphatic hydroxyl groups is 1. The molecule has 1 nitrogen and oxygen atoms in total. The molecule has 0 radical (unpaired) electrons. The molecule has 3 unspecified atom stereocenters. The molecule has 0 heterocycles. The highest BCUT2D eigenvalue weighted by atomic mass is 16.3. The van der Waals surface area contributed by atoms with Crippen LogP contribution in [0.15, 0.2) is 0 Å². The molecule has 0 amide bonds. The van der Waals surface area contributed by atoms with E-state index in [2.05, 4.69) is 13.8 Å². The Labute approximate surface area is 124 Å². The predicted molar refractivity (Wildman–Crippen MR) is 82.4 cm³/mol. The molecule has 4 aliphatic rings. The van der Waals surface area contributed by atoms with Crippen molar-refractivity contribution in [3.63, 3.8) is 0 Å². The highest BCUT2D eigenvalue weighted by molar-refractivity contribution is 5.08. The van der Waals surface area contributed by atoms with Gasteiger partial charge in [0.2, 0.25) is 0 Å². The summed E-state index contributed by atoms with van der Waals surface area (Å²) >= 11 is 0. The first-order valence-electron chi connectivity index (χ1n) is 9.24. The molecule has 4 rings (SSSR count). The van der Waals surface area contributed by atoms with E-state index in [1.54, 1.807) is 0 Å². The Morgan fingerprint density at radius 1 is 0.750 bits per heavy atom. The minimum Gasteiger partial charge on any atom is -0.393 e. The molecule has 0 aromatic rings. The summed E-state index contributed by atoms with van der Waals surface area (Å²) in [5, 5.41) is 10.5. The van der Waals surface area contributed by atoms with Crippen LogP contribution in [-0.2, 0) is 0 Å². The van der Waals surface area contributed by atoms with E-state index in [1.807, 2.05) is 0 Å². The van der Waals surface area contributed by atoms with Gasteiger partial charge in [0.15, 0.2) is 0 Å². The molecular formula is C19H32O. The lowest BCUT2D eigenvalue weighted by molar-refractivity contribution is -0.120. The summed E-state index contributed by atoms with van der Waals surface area (Å²) in [6.45, 7) is 5.04. The Bertz CT molecular complexity index is 391. The average Bonchev–Trinajstić information content (AvgIpc) is 2.74. The van der Waals surface area contributed by atoms with Crippen LogP contribution in [0.5, 0.6) is 0 Å². The van der Waals surface area contributed by atoms with Gasteiger partial charge in [-0.1, -0.05) is 26.7 Å². The number of hydrogen-bond donors (Lipinski definition) is 1. The van der Waals surface area contributed by atoms with Crippen molar-refractivity contribution in [3.05, 3.63) is 0 Å². The number of fused-ring (bicyclic) bond motifs is 5. The third-order valence-electron chi connectivity index (χ3n) is 8.53. The normalized spacial score (nSPS) is 58.6. The first-order valence-corrected chi connectivity index (χ1v) is 9.24. The van der Waals surface area contributed by atoms with Gasteiger partial charge in [-0.15, -0.1) is 0 Å². The summed E-state index contributed by atoms with van der Waals surface area (Å²) in [7, 11) is 0. The average molecular weight is 276 g/mol. The van der Waals surface area contributed by atoms with Crippen LogP contribution in [0.25, 0.3) is 0 Å². The zero-order chi connectivity index (χ0) is 14.0. The number of hydrogen-bond acceptors (Lipinski definition) is 1. The van der Waals surface area contributed by atoms with Crippen LogP contribution in [0, 0.1) is 34.5 Å². The van der Waals surface area contributed by atoms with Crippen LogP contribution in [-0.4, -0.2) is 11.2 Å². The van der Waals surface area contributed by atoms with E-state index >= 15 is 0 Å². The van der Waals surface area contributed by atoms with Gasteiger partial charge in [0, 0.05) is 0 Å². The van der Waals surface area contributed by atoms with E-state index < -0.39 is 0 Å². The molecule has 4 fully saturated rings. The molecule has 114 valence electrons. The van der Waals surface area contributed by atoms with Crippen LogP contribution < -0.4 is 0 Å². The predicted octanol–water partition coefficient (Wildman–Crippen LogP) is 4.78. The van der Waals surface area contributed by atoms with Crippen molar-refractivity contribution in [2.24, 2.45) is 34.5 Å². The lowest BCUT2D eigenvalue weighted by Gasteiger charge is -2.60. The summed E-state index contributed by atoms with van der Waals surface area (Å²) < 4.78 is 0. The molecule has 4 aliphatic carbocycles. The molecule has 0 bridgehead atoms. The number of rotatable bonds is 0. The third kappa shape index (κ3) is 1.65. The van der Waals surface area contributed by atoms with Gasteiger partial charge in [0.1, 0.15) is 0 Å². The van der Waals surface area contributed by atoms with Gasteiger partial charge in [0.25, 0.3) is 0 Å². The fraction of sp³-hybridized carbons (Fsp3) is 1.00. The standard InChI is InChI=1S/C19H32O/c1-18-11-4-3-5-13(18)6-7-14-15-8-9-17(20)19(15,2)12-10-16(14)18/h13-17,20H,3-12H2,1-2H3/t13?,14-,15?,16?,17-,18-,19-/m0/s1. The molecule has 0 saturated heterocycles. The summed E-state index contributed by atoms with van der Waals surface area (Å²) in [5.74, 6) is 3.76. The second-order valence-electron chi connectivity index (χ2n) is 9.04. The smallest absolute Gasteiger partial charge is 0.0596 e. The van der Waals surface area contributed by atoms with Crippen molar-refractivity contribution >= 4 is 0 Å². The summed E-state index contributed by atoms with van der Waals surface area (Å²) in [5.41, 5.74) is 0.912. The van der Waals surface area contributed by atoms with Gasteiger partial charge < -0.3 is 5.11 Å². The van der Waals surface area contributed by atoms with Crippen molar-refractivity contribution in [2.45, 2.75) is 84.2 Å². The van der Waals surface area contributed by atoms with Gasteiger partial charge in [0.05, 0.1) is 6.10 Å². The van der Waals surface area contributed by atoms with Crippen molar-refractivity contribution in [1.29, 1.82) is 0 Å². The third-order valence-corrected chi connectivity index (χ3v) is 8.53. The molecule has 0 spiro atoms. The Morgan fingerprint density at radius 2 is 1.55 bits per heavy atom. The van der Waals surface area contributed by atoms with E-state index in [0.717, 1.165) is 30.1 Å². The highest BCUT2D eigenvalue weighted by Crippen LogP contribution is 2.66. The van der Waals surface area contributed by atoms with Gasteiger partial charge in [-0.2, -0.15) is 0 Å². The SMILES string of the molecule is C[C@]12CCCCC1CC[C@@H]1C2CC[C@@]2(C)C1CC[C@@H]2O. The lowest BCUT2D eigenvalue weighted by atomic mass is 9.45. The van der Waals surface area contributed by atoms with Gasteiger partial charge >= 0.3 is 0 Å². The molecule has 0 aliphatic heterocycles. The van der Waals surface area contributed by atoms with Crippen molar-refractivity contribution in [1.82, 2.24) is 0 Å². The summed E-state index contributed by atoms with van der Waals surface area (Å²) in [4.78, 5) is 0. The monoisotopic (exact) mass is 276 g/mol. The minimum atomic E-state index is -0.00895. The molecule has 0 aromatic heterocycles. The zero-order valence-corrected chi connectivity index (χ0v) is 13.4. The molecule has 4 saturated carbocycles. The van der Waals surface area contributed by atoms with Gasteiger partial charge in [-0.05, 0) is 85.9 Å². The van der Waals surface area contributed by atoms with Crippen LogP contribution in [0.1, 0.15) is 78.1 Å². The maximum Gasteiger partial charge on any atom is 0.0596 e. The molecule has 1 heteroatoms. The fourth-order valence-corrected chi connectivity index (χ4v) is 7.27. The maximum absolute atomic E-state index is 10.5. The quantitative estimate of drug-likeness (QED) is 0.675. The molecule has 20 heavy (non-hydrogen) atoms. The molecule has 0 aromatic carbocycles. The van der Waals surface area contributed by atoms with Crippen LogP contribution in [0.4, 0.5) is 0 Å². The Hall–Kier alpha value is -0.0400. The van der Waals surface area contributed by atoms with E-state index in [9.17, 15) is 5.11 Å². The van der Waals surface area contributed by atoms with Crippen molar-refractivity contribution in [3.8, 4) is 0 Å². The maximum atomic E-state index is 10.5. The second kappa shape index (κ2) is 4.48. The molecular weight excluding hydrogens is 244 g/mol. The fourth-order valence-electron chi connectivity index (χ4n) is 7.27. The van der Waals surface area contributed by atoms with E-state index in [1.165, 1.54) is 57.8 Å². The van der Waals surface area contributed by atoms with E-state index in [-0.39, 0.29) is 11.5 Å². The van der Waals surface area contributed by atoms with Crippen molar-refractivity contribution in [2.75, 3.05) is 0 Å². The topological polar surface area (TPSA) is 20.2 Å². The molecule has 1 N–H and O–H groups in total. The number of aliphatic hydroxyl groups excluding tert-OH is 1. The van der Waals surface area contributed by atoms with Crippen LogP contribution >= 0.6 is 0 Å². The lowest BCUT2D eigenvalue weighted by Crippen LogP contribution is -2.53. The second-order valence-corrected chi connectivity index (χ2v) is 9.04. The Balaban J connectivity index is 1.64. The zero-order valence-electron chi connectivity index (χ0n) is 13.4. The first-order chi connectivity index (χ1) is 9.56. The summed E-state index contributed by atoms with van der Waals surface area (Å²) in [6.07, 6.45) is 14.0. The van der Waals surface area contributed by atoms with Gasteiger partial charge in [-0.3, -0.25) is 0 Å². The Morgan fingerprint density at radius 3 is 2.40 bits per heavy atom. The highest BCUT2D eigenvalue weighted by Gasteiger charge is 2.59. The van der Waals surface area contributed by atoms with Gasteiger partial charge in [-0.25, -0.2) is 0 Å². The minimum absolute atomic E-state index is 0.00895. The van der Waals surface area contributed by atoms with Crippen LogP contribution in [0.2, 0.25) is 0 Å². The first kappa shape index (κ1) is 13.6. The summed E-state index contributed by atoms with van der Waals surface area (Å²) in [6, 6.07) is 0. The van der Waals surface area contributed by atoms with Crippen LogP contribution in [0.3, 0.4) is 0 Å². The van der Waals surface area contributed by atoms with Crippen molar-refractivity contribution < 1.29 is 5.11 Å².